The van der Waals surface area contributed by atoms with Gasteiger partial charge in [-0.3, -0.25) is 19.1 Å². The fraction of sp³-hybridized carbons (Fsp3) is 0.519. The average Bonchev–Trinajstić information content (AvgIpc) is 3.37. The third-order valence-corrected chi connectivity index (χ3v) is 6.95. The molecule has 3 rings (SSSR count). The molecule has 1 aromatic carbocycles. The molecule has 0 bridgehead atoms. The third-order valence-electron chi connectivity index (χ3n) is 6.95. The molecule has 2 aromatic rings. The van der Waals surface area contributed by atoms with Crippen molar-refractivity contribution in [1.29, 1.82) is 0 Å². The molecule has 37 heavy (non-hydrogen) atoms. The minimum absolute atomic E-state index is 0.0132. The molecule has 1 heterocycles. The number of amides is 2. The number of benzene rings is 1. The van der Waals surface area contributed by atoms with Crippen molar-refractivity contribution < 1.29 is 28.7 Å². The van der Waals surface area contributed by atoms with Crippen LogP contribution in [-0.4, -0.2) is 44.5 Å². The molecular weight excluding hydrogens is 479 g/mol. The van der Waals surface area contributed by atoms with E-state index >= 15 is 0 Å². The molecule has 2 atom stereocenters. The maximum absolute atomic E-state index is 15.0. The van der Waals surface area contributed by atoms with Crippen molar-refractivity contribution in [2.45, 2.75) is 77.8 Å². The number of ketones is 1. The Kier molecular flexibility index (Phi) is 9.93. The lowest BCUT2D eigenvalue weighted by molar-refractivity contribution is -0.141. The Morgan fingerprint density at radius 3 is 2.49 bits per heavy atom. The summed E-state index contributed by atoms with van der Waals surface area (Å²) in [6.07, 6.45) is 6.33. The molecule has 9 nitrogen and oxygen atoms in total. The van der Waals surface area contributed by atoms with Gasteiger partial charge in [0.2, 0.25) is 11.8 Å². The zero-order chi connectivity index (χ0) is 26.9. The summed E-state index contributed by atoms with van der Waals surface area (Å²) in [6, 6.07) is 4.52. The van der Waals surface area contributed by atoms with Crippen LogP contribution in [0.1, 0.15) is 74.8 Å². The highest BCUT2D eigenvalue weighted by Gasteiger charge is 2.33. The number of hydrogen-bond donors (Lipinski definition) is 3. The molecular formula is C27H35FN4O5. The van der Waals surface area contributed by atoms with Crippen molar-refractivity contribution in [2.75, 3.05) is 5.32 Å². The van der Waals surface area contributed by atoms with Gasteiger partial charge < -0.3 is 15.7 Å². The first kappa shape index (κ1) is 28.0. The number of aliphatic carboxylic acids is 1. The summed E-state index contributed by atoms with van der Waals surface area (Å²) in [6.45, 7) is 4.03. The smallest absolute Gasteiger partial charge is 0.326 e. The maximum atomic E-state index is 15.0. The van der Waals surface area contributed by atoms with Crippen LogP contribution in [0.3, 0.4) is 0 Å². The van der Waals surface area contributed by atoms with Crippen LogP contribution in [0.4, 0.5) is 10.1 Å². The van der Waals surface area contributed by atoms with Crippen LogP contribution in [0.5, 0.6) is 0 Å². The second-order valence-electron chi connectivity index (χ2n) is 9.48. The average molecular weight is 515 g/mol. The molecule has 0 radical (unpaired) electrons. The zero-order valence-corrected chi connectivity index (χ0v) is 21.3. The van der Waals surface area contributed by atoms with Crippen molar-refractivity contribution in [2.24, 2.45) is 11.8 Å². The summed E-state index contributed by atoms with van der Waals surface area (Å²) in [5.41, 5.74) is 0.783. The largest absolute Gasteiger partial charge is 0.480 e. The Morgan fingerprint density at radius 1 is 1.14 bits per heavy atom. The molecule has 3 N–H and O–H groups in total. The van der Waals surface area contributed by atoms with E-state index in [0.717, 1.165) is 38.2 Å². The number of anilines is 1. The molecule has 1 aliphatic carbocycles. The lowest BCUT2D eigenvalue weighted by atomic mass is 9.77. The van der Waals surface area contributed by atoms with Gasteiger partial charge in [-0.2, -0.15) is 5.10 Å². The van der Waals surface area contributed by atoms with E-state index < -0.39 is 35.6 Å². The number of nitrogens with one attached hydrogen (secondary N) is 2. The summed E-state index contributed by atoms with van der Waals surface area (Å²) in [5.74, 6) is -3.51. The normalized spacial score (nSPS) is 15.5. The lowest BCUT2D eigenvalue weighted by Crippen LogP contribution is -2.42. The van der Waals surface area contributed by atoms with Gasteiger partial charge in [0.1, 0.15) is 17.6 Å². The number of carboxylic acids is 1. The quantitative estimate of drug-likeness (QED) is 0.368. The van der Waals surface area contributed by atoms with Crippen molar-refractivity contribution in [3.05, 3.63) is 47.5 Å². The number of hydrogen-bond acceptors (Lipinski definition) is 5. The molecule has 0 unspecified atom stereocenters. The summed E-state index contributed by atoms with van der Waals surface area (Å²) >= 11 is 0. The van der Waals surface area contributed by atoms with Crippen molar-refractivity contribution in [3.8, 4) is 0 Å². The van der Waals surface area contributed by atoms with Crippen LogP contribution in [0, 0.1) is 17.7 Å². The first-order chi connectivity index (χ1) is 17.7. The molecule has 0 aliphatic heterocycles. The molecule has 0 saturated heterocycles. The molecule has 1 saturated carbocycles. The molecule has 10 heteroatoms. The second kappa shape index (κ2) is 13.1. The predicted molar refractivity (Wildman–Crippen MR) is 136 cm³/mol. The van der Waals surface area contributed by atoms with E-state index in [2.05, 4.69) is 15.7 Å². The third kappa shape index (κ3) is 7.47. The van der Waals surface area contributed by atoms with E-state index in [9.17, 15) is 28.7 Å². The van der Waals surface area contributed by atoms with Gasteiger partial charge in [0.25, 0.3) is 0 Å². The molecule has 1 aromatic heterocycles. The number of halogens is 1. The van der Waals surface area contributed by atoms with Gasteiger partial charge in [-0.05, 0) is 49.4 Å². The van der Waals surface area contributed by atoms with Gasteiger partial charge in [-0.15, -0.1) is 0 Å². The number of aryl methyl sites for hydroxylation is 1. The first-order valence-corrected chi connectivity index (χ1v) is 12.9. The zero-order valence-electron chi connectivity index (χ0n) is 21.3. The fourth-order valence-corrected chi connectivity index (χ4v) is 4.88. The molecule has 1 fully saturated rings. The summed E-state index contributed by atoms with van der Waals surface area (Å²) in [5, 5.41) is 18.6. The summed E-state index contributed by atoms with van der Waals surface area (Å²) < 4.78 is 16.6. The van der Waals surface area contributed by atoms with Crippen LogP contribution < -0.4 is 10.6 Å². The summed E-state index contributed by atoms with van der Waals surface area (Å²) in [7, 11) is 0. The minimum Gasteiger partial charge on any atom is -0.480 e. The van der Waals surface area contributed by atoms with Crippen LogP contribution in [0.15, 0.2) is 30.5 Å². The Hall–Kier alpha value is -3.56. The number of carbonyl (C=O) groups is 4. The van der Waals surface area contributed by atoms with Crippen LogP contribution in [0.2, 0.25) is 0 Å². The van der Waals surface area contributed by atoms with E-state index in [4.69, 9.17) is 0 Å². The van der Waals surface area contributed by atoms with E-state index in [1.807, 2.05) is 6.92 Å². The number of aromatic nitrogens is 2. The number of carbonyl (C=O) groups excluding carboxylic acids is 3. The van der Waals surface area contributed by atoms with Crippen molar-refractivity contribution in [3.63, 3.8) is 0 Å². The SMILES string of the molecule is CCC(=O)N[C@H](Cc1ccc(NC(=O)[C@@H](CC(=O)c2ccnn2CC)C2CCCCC2)c(F)c1)C(=O)O. The highest BCUT2D eigenvalue weighted by atomic mass is 19.1. The van der Waals surface area contributed by atoms with Gasteiger partial charge in [0.05, 0.1) is 5.69 Å². The Balaban J connectivity index is 1.74. The Bertz CT molecular complexity index is 1130. The Labute approximate surface area is 215 Å². The second-order valence-corrected chi connectivity index (χ2v) is 9.48. The number of Topliss-reactive ketones (excluding diaryl/α,β-unsaturated/α-hetero) is 1. The Morgan fingerprint density at radius 2 is 1.86 bits per heavy atom. The van der Waals surface area contributed by atoms with Crippen LogP contribution in [-0.2, 0) is 27.3 Å². The van der Waals surface area contributed by atoms with Gasteiger partial charge in [0.15, 0.2) is 5.78 Å². The summed E-state index contributed by atoms with van der Waals surface area (Å²) in [4.78, 5) is 49.5. The van der Waals surface area contributed by atoms with Gasteiger partial charge in [0, 0.05) is 37.9 Å². The predicted octanol–water partition coefficient (Wildman–Crippen LogP) is 3.97. The fourth-order valence-electron chi connectivity index (χ4n) is 4.88. The van der Waals surface area contributed by atoms with E-state index in [1.165, 1.54) is 12.1 Å². The molecule has 200 valence electrons. The minimum atomic E-state index is -1.22. The molecule has 1 aliphatic rings. The topological polar surface area (TPSA) is 130 Å². The van der Waals surface area contributed by atoms with Gasteiger partial charge in [-0.1, -0.05) is 32.3 Å². The van der Waals surface area contributed by atoms with Crippen molar-refractivity contribution >= 4 is 29.3 Å². The van der Waals surface area contributed by atoms with Gasteiger partial charge >= 0.3 is 5.97 Å². The van der Waals surface area contributed by atoms with E-state index in [0.29, 0.717) is 17.8 Å². The monoisotopic (exact) mass is 514 g/mol. The van der Waals surface area contributed by atoms with Crippen LogP contribution in [0.25, 0.3) is 0 Å². The molecule has 2 amide bonds. The van der Waals surface area contributed by atoms with Crippen LogP contribution >= 0.6 is 0 Å². The standard InChI is InChI=1S/C27H35FN4O5/c1-3-25(34)30-22(27(36)37)15-17-10-11-21(20(28)14-17)31-26(35)19(18-8-6-5-7-9-18)16-24(33)23-12-13-29-32(23)4-2/h10-14,18-19,22H,3-9,15-16H2,1-2H3,(H,30,34)(H,31,35)(H,36,37)/t19-,22+/m0/s1. The number of nitrogens with zero attached hydrogens (tertiary/aromatic N) is 2. The lowest BCUT2D eigenvalue weighted by Gasteiger charge is -2.29. The van der Waals surface area contributed by atoms with E-state index in [1.54, 1.807) is 23.9 Å². The highest BCUT2D eigenvalue weighted by Crippen LogP contribution is 2.33. The number of rotatable bonds is 12. The van der Waals surface area contributed by atoms with E-state index in [-0.39, 0.29) is 36.7 Å². The molecule has 0 spiro atoms. The number of carboxylic acid groups (broad SMARTS) is 1. The van der Waals surface area contributed by atoms with Gasteiger partial charge in [-0.25, -0.2) is 9.18 Å². The van der Waals surface area contributed by atoms with Crippen molar-refractivity contribution in [1.82, 2.24) is 15.1 Å². The first-order valence-electron chi connectivity index (χ1n) is 12.9. The highest BCUT2D eigenvalue weighted by molar-refractivity contribution is 6.00. The maximum Gasteiger partial charge on any atom is 0.326 e.